The highest BCUT2D eigenvalue weighted by Gasteiger charge is 2.10. The quantitative estimate of drug-likeness (QED) is 0.0221. The van der Waals surface area contributed by atoms with Gasteiger partial charge in [-0.15, -0.1) is 0 Å². The van der Waals surface area contributed by atoms with Crippen molar-refractivity contribution >= 4 is 30.3 Å². The molecule has 12 nitrogen and oxygen atoms in total. The molecular weight excluding hydrogens is 781 g/mol. The maximum Gasteiger partial charge on any atom is 0.343 e. The van der Waals surface area contributed by atoms with Crippen molar-refractivity contribution in [3.8, 4) is 23.0 Å². The Labute approximate surface area is 359 Å². The fourth-order valence-electron chi connectivity index (χ4n) is 5.30. The first-order valence-electron chi connectivity index (χ1n) is 20.4. The van der Waals surface area contributed by atoms with Crippen LogP contribution in [0.4, 0.5) is 0 Å². The molecule has 4 aromatic carbocycles. The third-order valence-electron chi connectivity index (χ3n) is 8.61. The number of carbonyl (C=O) groups is 5. The fraction of sp³-hybridized carbons (Fsp3) is 0.327. The van der Waals surface area contributed by atoms with Crippen molar-refractivity contribution in [2.24, 2.45) is 0 Å². The molecule has 0 amide bonds. The molecule has 326 valence electrons. The molecule has 0 aliphatic heterocycles. The maximum atomic E-state index is 12.2. The lowest BCUT2D eigenvalue weighted by atomic mass is 10.1. The molecule has 61 heavy (non-hydrogen) atoms. The van der Waals surface area contributed by atoms with Crippen molar-refractivity contribution in [2.75, 3.05) is 26.4 Å². The Balaban J connectivity index is 0.000000395. The number of unbranched alkanes of at least 4 members (excludes halogenated alkanes) is 8. The standard InChI is InChI=1S/C25H30O5.C23H26O5.CH2O2/c1-3-20-10-14-23(15-11-20)30-25(27)21-12-16-22(17-13-21)28-18-8-6-5-7-9-19-29-24(26)4-2;1-2-22(24)27-18-10-5-3-4-9-17-26-20-15-13-19(14-16-20)23(25)28-21-11-7-6-8-12-21;2-1-3/h4,10-17H,2-3,5-9,18-19H2,1H3;2,6-8,11-16H,1,3-5,9-10,17-18H2;1H,(H,2,3). The lowest BCUT2D eigenvalue weighted by Gasteiger charge is -2.08. The number of hydrogen-bond donors (Lipinski definition) is 1. The van der Waals surface area contributed by atoms with Gasteiger partial charge in [-0.2, -0.15) is 0 Å². The average molecular weight is 839 g/mol. The van der Waals surface area contributed by atoms with Gasteiger partial charge in [-0.3, -0.25) is 4.79 Å². The molecule has 0 unspecified atom stereocenters. The van der Waals surface area contributed by atoms with Gasteiger partial charge in [-0.1, -0.05) is 88.9 Å². The van der Waals surface area contributed by atoms with E-state index in [1.165, 1.54) is 17.7 Å². The van der Waals surface area contributed by atoms with Crippen LogP contribution in [0.15, 0.2) is 128 Å². The number of esters is 4. The van der Waals surface area contributed by atoms with Gasteiger partial charge in [0.25, 0.3) is 6.47 Å². The summed E-state index contributed by atoms with van der Waals surface area (Å²) >= 11 is 0. The molecule has 0 radical (unpaired) electrons. The van der Waals surface area contributed by atoms with Crippen molar-refractivity contribution < 1.29 is 57.5 Å². The second-order valence-corrected chi connectivity index (χ2v) is 13.2. The second-order valence-electron chi connectivity index (χ2n) is 13.2. The molecule has 0 saturated carbocycles. The van der Waals surface area contributed by atoms with E-state index >= 15 is 0 Å². The summed E-state index contributed by atoms with van der Waals surface area (Å²) in [7, 11) is 0. The van der Waals surface area contributed by atoms with Crippen LogP contribution in [-0.2, 0) is 30.3 Å². The molecule has 0 atom stereocenters. The smallest absolute Gasteiger partial charge is 0.343 e. The third kappa shape index (κ3) is 23.5. The minimum absolute atomic E-state index is 0.250. The number of carbonyl (C=O) groups excluding carboxylic acids is 4. The van der Waals surface area contributed by atoms with Crippen LogP contribution in [-0.4, -0.2) is 61.9 Å². The minimum atomic E-state index is -0.392. The van der Waals surface area contributed by atoms with E-state index in [1.807, 2.05) is 42.5 Å². The Morgan fingerprint density at radius 3 is 1.21 bits per heavy atom. The van der Waals surface area contributed by atoms with Crippen LogP contribution >= 0.6 is 0 Å². The average Bonchev–Trinajstić information content (AvgIpc) is 3.29. The molecule has 0 aliphatic rings. The Kier molecular flexibility index (Phi) is 26.6. The van der Waals surface area contributed by atoms with E-state index in [0.29, 0.717) is 49.1 Å². The summed E-state index contributed by atoms with van der Waals surface area (Å²) in [5.41, 5.74) is 2.16. The normalized spacial score (nSPS) is 9.92. The lowest BCUT2D eigenvalue weighted by molar-refractivity contribution is -0.138. The van der Waals surface area contributed by atoms with Crippen molar-refractivity contribution in [2.45, 2.75) is 77.6 Å². The summed E-state index contributed by atoms with van der Waals surface area (Å²) in [4.78, 5) is 54.5. The van der Waals surface area contributed by atoms with Crippen LogP contribution in [0.5, 0.6) is 23.0 Å². The molecule has 12 heteroatoms. The van der Waals surface area contributed by atoms with Gasteiger partial charge in [0, 0.05) is 12.2 Å². The number of aryl methyl sites for hydroxylation is 1. The van der Waals surface area contributed by atoms with Crippen LogP contribution in [0.1, 0.15) is 97.4 Å². The number of benzene rings is 4. The minimum Gasteiger partial charge on any atom is -0.494 e. The van der Waals surface area contributed by atoms with Gasteiger partial charge < -0.3 is 33.5 Å². The monoisotopic (exact) mass is 838 g/mol. The first kappa shape index (κ1) is 50.5. The Hall–Kier alpha value is -6.69. The highest BCUT2D eigenvalue weighted by atomic mass is 16.5. The zero-order chi connectivity index (χ0) is 44.3. The highest BCUT2D eigenvalue weighted by Crippen LogP contribution is 2.19. The molecule has 0 bridgehead atoms. The van der Waals surface area contributed by atoms with Gasteiger partial charge in [0.05, 0.1) is 37.6 Å². The van der Waals surface area contributed by atoms with E-state index in [0.717, 1.165) is 82.1 Å². The van der Waals surface area contributed by atoms with E-state index in [2.05, 4.69) is 20.1 Å². The molecule has 1 N–H and O–H groups in total. The SMILES string of the molecule is C=CC(=O)OCCCCCCCOc1ccc(C(=O)Oc2ccc(CC)cc2)cc1.C=CC(=O)OCCCCCCCOc1ccc(C(=O)Oc2ccccc2)cc1.O=CO. The largest absolute Gasteiger partial charge is 0.494 e. The number of carboxylic acid groups (broad SMARTS) is 1. The number of ether oxygens (including phenoxy) is 6. The zero-order valence-electron chi connectivity index (χ0n) is 35.0. The van der Waals surface area contributed by atoms with E-state index in [-0.39, 0.29) is 24.4 Å². The molecule has 4 aromatic rings. The van der Waals surface area contributed by atoms with Gasteiger partial charge in [0.2, 0.25) is 0 Å². The van der Waals surface area contributed by atoms with E-state index in [4.69, 9.17) is 38.3 Å². The summed E-state index contributed by atoms with van der Waals surface area (Å²) in [6.07, 6.45) is 13.2. The Morgan fingerprint density at radius 2 is 0.836 bits per heavy atom. The van der Waals surface area contributed by atoms with E-state index in [9.17, 15) is 19.2 Å². The topological polar surface area (TPSA) is 161 Å². The molecule has 0 aliphatic carbocycles. The van der Waals surface area contributed by atoms with Crippen molar-refractivity contribution in [1.29, 1.82) is 0 Å². The summed E-state index contributed by atoms with van der Waals surface area (Å²) in [5, 5.41) is 6.89. The first-order chi connectivity index (χ1) is 29.7. The van der Waals surface area contributed by atoms with Crippen molar-refractivity contribution in [3.63, 3.8) is 0 Å². The first-order valence-corrected chi connectivity index (χ1v) is 20.4. The second kappa shape index (κ2) is 32.2. The molecule has 0 aromatic heterocycles. The molecule has 0 saturated heterocycles. The van der Waals surface area contributed by atoms with Gasteiger partial charge in [-0.25, -0.2) is 19.2 Å². The summed E-state index contributed by atoms with van der Waals surface area (Å²) in [6, 6.07) is 30.4. The van der Waals surface area contributed by atoms with Crippen molar-refractivity contribution in [3.05, 3.63) is 145 Å². The van der Waals surface area contributed by atoms with E-state index in [1.54, 1.807) is 60.7 Å². The number of hydrogen-bond acceptors (Lipinski definition) is 11. The van der Waals surface area contributed by atoms with Gasteiger partial charge in [0.15, 0.2) is 0 Å². The summed E-state index contributed by atoms with van der Waals surface area (Å²) < 4.78 is 32.0. The third-order valence-corrected chi connectivity index (χ3v) is 8.61. The lowest BCUT2D eigenvalue weighted by Crippen LogP contribution is -2.08. The summed E-state index contributed by atoms with van der Waals surface area (Å²) in [5.74, 6) is 1.01. The van der Waals surface area contributed by atoms with Crippen LogP contribution in [0, 0.1) is 0 Å². The number of para-hydroxylation sites is 1. The van der Waals surface area contributed by atoms with Gasteiger partial charge in [0.1, 0.15) is 23.0 Å². The molecule has 0 heterocycles. The molecular formula is C49H58O12. The van der Waals surface area contributed by atoms with Gasteiger partial charge in [-0.05, 0) is 110 Å². The molecule has 0 fully saturated rings. The highest BCUT2D eigenvalue weighted by molar-refractivity contribution is 5.91. The zero-order valence-corrected chi connectivity index (χ0v) is 35.0. The predicted octanol–water partition coefficient (Wildman–Crippen LogP) is 10.2. The molecule has 4 rings (SSSR count). The van der Waals surface area contributed by atoms with Crippen molar-refractivity contribution in [1.82, 2.24) is 0 Å². The molecule has 0 spiro atoms. The van der Waals surface area contributed by atoms with Crippen LogP contribution in [0.25, 0.3) is 0 Å². The van der Waals surface area contributed by atoms with Crippen LogP contribution in [0.2, 0.25) is 0 Å². The Bertz CT molecular complexity index is 1850. The van der Waals surface area contributed by atoms with E-state index < -0.39 is 5.97 Å². The van der Waals surface area contributed by atoms with Crippen LogP contribution in [0.3, 0.4) is 0 Å². The number of rotatable bonds is 25. The maximum absolute atomic E-state index is 12.2. The fourth-order valence-corrected chi connectivity index (χ4v) is 5.30. The summed E-state index contributed by atoms with van der Waals surface area (Å²) in [6.45, 7) is 10.7. The van der Waals surface area contributed by atoms with Crippen LogP contribution < -0.4 is 18.9 Å². The van der Waals surface area contributed by atoms with Gasteiger partial charge >= 0.3 is 23.9 Å². The predicted molar refractivity (Wildman–Crippen MR) is 233 cm³/mol. The Morgan fingerprint density at radius 1 is 0.492 bits per heavy atom.